The van der Waals surface area contributed by atoms with E-state index in [1.807, 2.05) is 36.9 Å². The van der Waals surface area contributed by atoms with Crippen LogP contribution in [0.4, 0.5) is 5.69 Å². The molecule has 0 unspecified atom stereocenters. The number of nitrogens with zero attached hydrogens (tertiary/aromatic N) is 1. The lowest BCUT2D eigenvalue weighted by molar-refractivity contribution is -0.117. The highest BCUT2D eigenvalue weighted by atomic mass is 16.5. The summed E-state index contributed by atoms with van der Waals surface area (Å²) in [6.45, 7) is 5.89. The number of hydrogen-bond acceptors (Lipinski definition) is 4. The van der Waals surface area contributed by atoms with Crippen molar-refractivity contribution < 1.29 is 14.6 Å². The molecule has 1 amide bonds. The third-order valence-electron chi connectivity index (χ3n) is 3.05. The van der Waals surface area contributed by atoms with Gasteiger partial charge in [-0.15, -0.1) is 0 Å². The molecule has 0 saturated heterocycles. The molecule has 5 heteroatoms. The number of amides is 1. The molecule has 20 heavy (non-hydrogen) atoms. The van der Waals surface area contributed by atoms with Crippen molar-refractivity contribution in [3.63, 3.8) is 0 Å². The van der Waals surface area contributed by atoms with E-state index in [2.05, 4.69) is 5.32 Å². The standard InChI is InChI=1S/C15H24N2O3/c1-12-4-5-14(13(2)10-12)16-15(19)11-17(6-8-18)7-9-20-3/h4-5,10,18H,6-9,11H2,1-3H3,(H,16,19). The van der Waals surface area contributed by atoms with Gasteiger partial charge in [0, 0.05) is 25.9 Å². The molecule has 2 N–H and O–H groups in total. The summed E-state index contributed by atoms with van der Waals surface area (Å²) in [5.41, 5.74) is 3.04. The predicted octanol–water partition coefficient (Wildman–Crippen LogP) is 1.18. The normalized spacial score (nSPS) is 10.8. The summed E-state index contributed by atoms with van der Waals surface area (Å²) < 4.78 is 5.00. The Labute approximate surface area is 120 Å². The van der Waals surface area contributed by atoms with Crippen LogP contribution in [0.2, 0.25) is 0 Å². The maximum atomic E-state index is 12.0. The molecule has 1 aromatic rings. The highest BCUT2D eigenvalue weighted by molar-refractivity contribution is 5.93. The molecule has 0 aliphatic carbocycles. The largest absolute Gasteiger partial charge is 0.395 e. The second kappa shape index (κ2) is 8.68. The van der Waals surface area contributed by atoms with Gasteiger partial charge in [0.25, 0.3) is 0 Å². The molecule has 0 saturated carbocycles. The van der Waals surface area contributed by atoms with E-state index in [1.54, 1.807) is 7.11 Å². The monoisotopic (exact) mass is 280 g/mol. The summed E-state index contributed by atoms with van der Waals surface area (Å²) in [5, 5.41) is 11.9. The van der Waals surface area contributed by atoms with E-state index in [4.69, 9.17) is 9.84 Å². The Balaban J connectivity index is 2.55. The number of hydrogen-bond donors (Lipinski definition) is 2. The molecule has 0 aliphatic rings. The molecule has 5 nitrogen and oxygen atoms in total. The lowest BCUT2D eigenvalue weighted by Crippen LogP contribution is -2.37. The van der Waals surface area contributed by atoms with Gasteiger partial charge in [-0.25, -0.2) is 0 Å². The van der Waals surface area contributed by atoms with Gasteiger partial charge in [0.2, 0.25) is 5.91 Å². The fourth-order valence-electron chi connectivity index (χ4n) is 1.98. The van der Waals surface area contributed by atoms with E-state index in [0.29, 0.717) is 19.7 Å². The van der Waals surface area contributed by atoms with Gasteiger partial charge in [0.15, 0.2) is 0 Å². The summed E-state index contributed by atoms with van der Waals surface area (Å²) in [6, 6.07) is 5.92. The van der Waals surface area contributed by atoms with Gasteiger partial charge < -0.3 is 15.2 Å². The average molecular weight is 280 g/mol. The number of nitrogens with one attached hydrogen (secondary N) is 1. The van der Waals surface area contributed by atoms with Crippen molar-refractivity contribution in [2.75, 3.05) is 45.3 Å². The van der Waals surface area contributed by atoms with Crippen LogP contribution in [0, 0.1) is 13.8 Å². The zero-order chi connectivity index (χ0) is 15.0. The summed E-state index contributed by atoms with van der Waals surface area (Å²) in [4.78, 5) is 13.9. The van der Waals surface area contributed by atoms with Gasteiger partial charge in [-0.3, -0.25) is 9.69 Å². The number of benzene rings is 1. The molecule has 0 aliphatic heterocycles. The zero-order valence-corrected chi connectivity index (χ0v) is 12.5. The second-order valence-corrected chi connectivity index (χ2v) is 4.86. The third kappa shape index (κ3) is 5.69. The number of methoxy groups -OCH3 is 1. The Hall–Kier alpha value is -1.43. The fourth-order valence-corrected chi connectivity index (χ4v) is 1.98. The van der Waals surface area contributed by atoms with Gasteiger partial charge >= 0.3 is 0 Å². The van der Waals surface area contributed by atoms with Gasteiger partial charge in [0.05, 0.1) is 19.8 Å². The number of carbonyl (C=O) groups is 1. The van der Waals surface area contributed by atoms with Crippen LogP contribution >= 0.6 is 0 Å². The number of carbonyl (C=O) groups excluding carboxylic acids is 1. The van der Waals surface area contributed by atoms with E-state index in [1.165, 1.54) is 5.56 Å². The van der Waals surface area contributed by atoms with Crippen molar-refractivity contribution >= 4 is 11.6 Å². The number of rotatable bonds is 8. The van der Waals surface area contributed by atoms with Crippen LogP contribution in [0.25, 0.3) is 0 Å². The molecule has 0 atom stereocenters. The quantitative estimate of drug-likeness (QED) is 0.751. The van der Waals surface area contributed by atoms with Crippen molar-refractivity contribution in [2.45, 2.75) is 13.8 Å². The number of aryl methyl sites for hydroxylation is 2. The van der Waals surface area contributed by atoms with Crippen LogP contribution in [0.1, 0.15) is 11.1 Å². The first kappa shape index (κ1) is 16.6. The second-order valence-electron chi connectivity index (χ2n) is 4.86. The van der Waals surface area contributed by atoms with Crippen LogP contribution in [0.15, 0.2) is 18.2 Å². The molecule has 0 bridgehead atoms. The maximum absolute atomic E-state index is 12.0. The summed E-state index contributed by atoms with van der Waals surface area (Å²) in [7, 11) is 1.62. The molecule has 0 heterocycles. The van der Waals surface area contributed by atoms with E-state index < -0.39 is 0 Å². The lowest BCUT2D eigenvalue weighted by atomic mass is 10.1. The van der Waals surface area contributed by atoms with Crippen LogP contribution in [-0.4, -0.2) is 55.9 Å². The van der Waals surface area contributed by atoms with Crippen LogP contribution in [0.5, 0.6) is 0 Å². The number of aliphatic hydroxyl groups excluding tert-OH is 1. The first-order valence-electron chi connectivity index (χ1n) is 6.76. The summed E-state index contributed by atoms with van der Waals surface area (Å²) in [6.07, 6.45) is 0. The first-order valence-corrected chi connectivity index (χ1v) is 6.76. The molecule has 0 spiro atoms. The van der Waals surface area contributed by atoms with Crippen molar-refractivity contribution in [1.82, 2.24) is 4.90 Å². The highest BCUT2D eigenvalue weighted by Gasteiger charge is 2.11. The van der Waals surface area contributed by atoms with Gasteiger partial charge in [-0.2, -0.15) is 0 Å². The Morgan fingerprint density at radius 3 is 2.70 bits per heavy atom. The van der Waals surface area contributed by atoms with Crippen molar-refractivity contribution in [3.05, 3.63) is 29.3 Å². The van der Waals surface area contributed by atoms with Crippen LogP contribution in [0.3, 0.4) is 0 Å². The smallest absolute Gasteiger partial charge is 0.238 e. The van der Waals surface area contributed by atoms with Gasteiger partial charge in [-0.1, -0.05) is 17.7 Å². The minimum Gasteiger partial charge on any atom is -0.395 e. The highest BCUT2D eigenvalue weighted by Crippen LogP contribution is 2.15. The maximum Gasteiger partial charge on any atom is 0.238 e. The summed E-state index contributed by atoms with van der Waals surface area (Å²) in [5.74, 6) is -0.0819. The number of ether oxygens (including phenoxy) is 1. The van der Waals surface area contributed by atoms with E-state index in [9.17, 15) is 4.79 Å². The van der Waals surface area contributed by atoms with Crippen molar-refractivity contribution in [1.29, 1.82) is 0 Å². The molecule has 1 rings (SSSR count). The third-order valence-corrected chi connectivity index (χ3v) is 3.05. The van der Waals surface area contributed by atoms with Crippen molar-refractivity contribution in [2.24, 2.45) is 0 Å². The SMILES string of the molecule is COCCN(CCO)CC(=O)Nc1ccc(C)cc1C. The number of aliphatic hydroxyl groups is 1. The lowest BCUT2D eigenvalue weighted by Gasteiger charge is -2.20. The molecule has 112 valence electrons. The van der Waals surface area contributed by atoms with E-state index in [-0.39, 0.29) is 19.1 Å². The molecule has 0 aromatic heterocycles. The average Bonchev–Trinajstić information content (AvgIpc) is 2.39. The molecule has 0 radical (unpaired) electrons. The van der Waals surface area contributed by atoms with Crippen LogP contribution in [-0.2, 0) is 9.53 Å². The van der Waals surface area contributed by atoms with Gasteiger partial charge in [0.1, 0.15) is 0 Å². The predicted molar refractivity (Wildman–Crippen MR) is 79.9 cm³/mol. The molecular weight excluding hydrogens is 256 g/mol. The first-order chi connectivity index (χ1) is 9.56. The molecular formula is C15H24N2O3. The molecule has 1 aromatic carbocycles. The zero-order valence-electron chi connectivity index (χ0n) is 12.5. The topological polar surface area (TPSA) is 61.8 Å². The van der Waals surface area contributed by atoms with Crippen molar-refractivity contribution in [3.8, 4) is 0 Å². The van der Waals surface area contributed by atoms with Gasteiger partial charge in [-0.05, 0) is 25.5 Å². The van der Waals surface area contributed by atoms with E-state index >= 15 is 0 Å². The Kier molecular flexibility index (Phi) is 7.22. The number of anilines is 1. The Morgan fingerprint density at radius 2 is 2.10 bits per heavy atom. The minimum absolute atomic E-state index is 0.0283. The summed E-state index contributed by atoms with van der Waals surface area (Å²) >= 11 is 0. The van der Waals surface area contributed by atoms with E-state index in [0.717, 1.165) is 11.3 Å². The van der Waals surface area contributed by atoms with Crippen LogP contribution < -0.4 is 5.32 Å². The Morgan fingerprint density at radius 1 is 1.35 bits per heavy atom. The Bertz CT molecular complexity index is 435. The minimum atomic E-state index is -0.0819. The molecule has 0 fully saturated rings. The fraction of sp³-hybridized carbons (Fsp3) is 0.533.